The zero-order valence-corrected chi connectivity index (χ0v) is 19.1. The van der Waals surface area contributed by atoms with E-state index in [4.69, 9.17) is 21.3 Å². The number of hydrogen-bond donors (Lipinski definition) is 0. The number of fused-ring (bicyclic) bond motifs is 1. The lowest BCUT2D eigenvalue weighted by Crippen LogP contribution is -2.24. The maximum Gasteiger partial charge on any atom is 0.223 e. The SMILES string of the molecule is O=C1CC(c2nc3ccccc3n2CCCOc2ccc(Cl)cc2)CN1Cc1ccccc1. The molecule has 1 fully saturated rings. The van der Waals surface area contributed by atoms with Crippen molar-refractivity contribution in [3.63, 3.8) is 0 Å². The van der Waals surface area contributed by atoms with Gasteiger partial charge >= 0.3 is 0 Å². The van der Waals surface area contributed by atoms with E-state index in [2.05, 4.69) is 22.8 Å². The molecular weight excluding hydrogens is 434 g/mol. The number of para-hydroxylation sites is 2. The van der Waals surface area contributed by atoms with Crippen LogP contribution in [0.1, 0.15) is 30.1 Å². The summed E-state index contributed by atoms with van der Waals surface area (Å²) >= 11 is 5.95. The third-order valence-electron chi connectivity index (χ3n) is 6.09. The average Bonchev–Trinajstić information content (AvgIpc) is 3.39. The molecule has 1 amide bonds. The lowest BCUT2D eigenvalue weighted by Gasteiger charge is -2.17. The zero-order valence-electron chi connectivity index (χ0n) is 18.4. The summed E-state index contributed by atoms with van der Waals surface area (Å²) in [6, 6.07) is 25.8. The summed E-state index contributed by atoms with van der Waals surface area (Å²) in [5.41, 5.74) is 3.23. The molecule has 1 saturated heterocycles. The number of benzene rings is 3. The fraction of sp³-hybridized carbons (Fsp3) is 0.259. The van der Waals surface area contributed by atoms with Gasteiger partial charge in [-0.25, -0.2) is 4.98 Å². The number of likely N-dealkylation sites (tertiary alicyclic amines) is 1. The number of rotatable bonds is 8. The van der Waals surface area contributed by atoms with Crippen molar-refractivity contribution in [2.75, 3.05) is 13.2 Å². The van der Waals surface area contributed by atoms with Crippen LogP contribution in [0, 0.1) is 0 Å². The van der Waals surface area contributed by atoms with Crippen LogP contribution in [-0.4, -0.2) is 33.5 Å². The molecule has 168 valence electrons. The van der Waals surface area contributed by atoms with Crippen molar-refractivity contribution < 1.29 is 9.53 Å². The molecule has 1 atom stereocenters. The number of carbonyl (C=O) groups is 1. The fourth-order valence-corrected chi connectivity index (χ4v) is 4.61. The van der Waals surface area contributed by atoms with Crippen LogP contribution in [0.3, 0.4) is 0 Å². The van der Waals surface area contributed by atoms with Gasteiger partial charge in [-0.1, -0.05) is 54.1 Å². The zero-order chi connectivity index (χ0) is 22.6. The first kappa shape index (κ1) is 21.5. The van der Waals surface area contributed by atoms with Crippen LogP contribution in [0.4, 0.5) is 0 Å². The van der Waals surface area contributed by atoms with Gasteiger partial charge in [-0.05, 0) is 48.4 Å². The Morgan fingerprint density at radius 1 is 0.970 bits per heavy atom. The van der Waals surface area contributed by atoms with E-state index in [1.54, 1.807) is 0 Å². The number of carbonyl (C=O) groups excluding carboxylic acids is 1. The molecule has 6 heteroatoms. The van der Waals surface area contributed by atoms with Crippen LogP contribution >= 0.6 is 11.6 Å². The monoisotopic (exact) mass is 459 g/mol. The molecule has 0 radical (unpaired) electrons. The van der Waals surface area contributed by atoms with E-state index < -0.39 is 0 Å². The highest BCUT2D eigenvalue weighted by Gasteiger charge is 2.33. The predicted molar refractivity (Wildman–Crippen MR) is 131 cm³/mol. The summed E-state index contributed by atoms with van der Waals surface area (Å²) in [6.45, 7) is 2.72. The molecular formula is C27H26ClN3O2. The molecule has 0 aliphatic carbocycles. The number of amides is 1. The third-order valence-corrected chi connectivity index (χ3v) is 6.34. The lowest BCUT2D eigenvalue weighted by molar-refractivity contribution is -0.128. The molecule has 1 aliphatic heterocycles. The number of halogens is 1. The number of hydrogen-bond acceptors (Lipinski definition) is 3. The number of aryl methyl sites for hydroxylation is 1. The van der Waals surface area contributed by atoms with Gasteiger partial charge in [0.1, 0.15) is 11.6 Å². The molecule has 0 saturated carbocycles. The molecule has 0 bridgehead atoms. The molecule has 5 rings (SSSR count). The first-order chi connectivity index (χ1) is 16.2. The highest BCUT2D eigenvalue weighted by Crippen LogP contribution is 2.31. The minimum absolute atomic E-state index is 0.0887. The summed E-state index contributed by atoms with van der Waals surface area (Å²) in [7, 11) is 0. The molecule has 0 spiro atoms. The second-order valence-electron chi connectivity index (χ2n) is 8.43. The van der Waals surface area contributed by atoms with Gasteiger partial charge in [-0.15, -0.1) is 0 Å². The maximum atomic E-state index is 12.8. The Labute approximate surface area is 198 Å². The number of aromatic nitrogens is 2. The number of ether oxygens (including phenoxy) is 1. The summed E-state index contributed by atoms with van der Waals surface area (Å²) in [4.78, 5) is 19.7. The van der Waals surface area contributed by atoms with Crippen LogP contribution in [0.5, 0.6) is 5.75 Å². The molecule has 5 nitrogen and oxygen atoms in total. The highest BCUT2D eigenvalue weighted by atomic mass is 35.5. The van der Waals surface area contributed by atoms with E-state index in [9.17, 15) is 4.79 Å². The maximum absolute atomic E-state index is 12.8. The molecule has 33 heavy (non-hydrogen) atoms. The number of imidazole rings is 1. The molecule has 1 aliphatic rings. The van der Waals surface area contributed by atoms with E-state index in [-0.39, 0.29) is 11.8 Å². The Morgan fingerprint density at radius 3 is 2.55 bits per heavy atom. The smallest absolute Gasteiger partial charge is 0.223 e. The Morgan fingerprint density at radius 2 is 1.73 bits per heavy atom. The fourth-order valence-electron chi connectivity index (χ4n) is 4.49. The van der Waals surface area contributed by atoms with Crippen molar-refractivity contribution in [3.8, 4) is 5.75 Å². The molecule has 4 aromatic rings. The normalized spacial score (nSPS) is 16.0. The minimum atomic E-state index is 0.0887. The van der Waals surface area contributed by atoms with Crippen LogP contribution in [0.15, 0.2) is 78.9 Å². The second-order valence-corrected chi connectivity index (χ2v) is 8.86. The first-order valence-corrected chi connectivity index (χ1v) is 11.7. The van der Waals surface area contributed by atoms with Gasteiger partial charge in [0, 0.05) is 37.0 Å². The van der Waals surface area contributed by atoms with E-state index in [1.165, 1.54) is 0 Å². The molecule has 0 N–H and O–H groups in total. The molecule has 2 heterocycles. The summed E-state index contributed by atoms with van der Waals surface area (Å²) in [5, 5.41) is 0.698. The van der Waals surface area contributed by atoms with Gasteiger partial charge in [0.2, 0.25) is 5.91 Å². The van der Waals surface area contributed by atoms with Gasteiger partial charge < -0.3 is 14.2 Å². The van der Waals surface area contributed by atoms with Gasteiger partial charge in [0.25, 0.3) is 0 Å². The standard InChI is InChI=1S/C27H26ClN3O2/c28-22-11-13-23(14-12-22)33-16-6-15-31-25-10-5-4-9-24(25)29-27(31)21-17-26(32)30(19-21)18-20-7-2-1-3-8-20/h1-5,7-14,21H,6,15-19H2. The first-order valence-electron chi connectivity index (χ1n) is 11.3. The average molecular weight is 460 g/mol. The van der Waals surface area contributed by atoms with Crippen LogP contribution < -0.4 is 4.74 Å². The highest BCUT2D eigenvalue weighted by molar-refractivity contribution is 6.30. The van der Waals surface area contributed by atoms with Crippen molar-refractivity contribution in [1.29, 1.82) is 0 Å². The van der Waals surface area contributed by atoms with Crippen molar-refractivity contribution >= 4 is 28.5 Å². The summed E-state index contributed by atoms with van der Waals surface area (Å²) < 4.78 is 8.15. The Hall–Kier alpha value is -3.31. The van der Waals surface area contributed by atoms with Crippen molar-refractivity contribution in [2.24, 2.45) is 0 Å². The quantitative estimate of drug-likeness (QED) is 0.319. The van der Waals surface area contributed by atoms with Gasteiger partial charge in [-0.3, -0.25) is 4.79 Å². The Bertz CT molecular complexity index is 1240. The van der Waals surface area contributed by atoms with E-state index in [1.807, 2.05) is 65.6 Å². The Balaban J connectivity index is 1.30. The molecule has 1 aromatic heterocycles. The minimum Gasteiger partial charge on any atom is -0.494 e. The van der Waals surface area contributed by atoms with E-state index in [0.717, 1.165) is 41.1 Å². The van der Waals surface area contributed by atoms with Gasteiger partial charge in [-0.2, -0.15) is 0 Å². The van der Waals surface area contributed by atoms with E-state index >= 15 is 0 Å². The van der Waals surface area contributed by atoms with Crippen LogP contribution in [0.25, 0.3) is 11.0 Å². The van der Waals surface area contributed by atoms with Crippen molar-refractivity contribution in [1.82, 2.24) is 14.5 Å². The van der Waals surface area contributed by atoms with Crippen LogP contribution in [0.2, 0.25) is 5.02 Å². The number of nitrogens with zero attached hydrogens (tertiary/aromatic N) is 3. The summed E-state index contributed by atoms with van der Waals surface area (Å²) in [6.07, 6.45) is 1.34. The van der Waals surface area contributed by atoms with Crippen molar-refractivity contribution in [2.45, 2.75) is 31.8 Å². The van der Waals surface area contributed by atoms with E-state index in [0.29, 0.717) is 31.1 Å². The van der Waals surface area contributed by atoms with Gasteiger partial charge in [0.05, 0.1) is 17.6 Å². The Kier molecular flexibility index (Phi) is 6.31. The largest absolute Gasteiger partial charge is 0.494 e. The topological polar surface area (TPSA) is 47.4 Å². The second kappa shape index (κ2) is 9.67. The molecule has 3 aromatic carbocycles. The van der Waals surface area contributed by atoms with Crippen LogP contribution in [-0.2, 0) is 17.9 Å². The lowest BCUT2D eigenvalue weighted by atomic mass is 10.1. The van der Waals surface area contributed by atoms with Crippen molar-refractivity contribution in [3.05, 3.63) is 95.3 Å². The predicted octanol–water partition coefficient (Wildman–Crippen LogP) is 5.67. The molecule has 1 unspecified atom stereocenters. The van der Waals surface area contributed by atoms with Gasteiger partial charge in [0.15, 0.2) is 0 Å². The third kappa shape index (κ3) is 4.88. The summed E-state index contributed by atoms with van der Waals surface area (Å²) in [5.74, 6) is 2.08.